The van der Waals surface area contributed by atoms with Crippen LogP contribution >= 0.6 is 7.82 Å². The van der Waals surface area contributed by atoms with Gasteiger partial charge in [-0.2, -0.15) is 0 Å². The summed E-state index contributed by atoms with van der Waals surface area (Å²) in [4.78, 5) is 50.3. The number of hydrogen-bond acceptors (Lipinski definition) is 11. The number of aliphatic hydroxyl groups is 2. The van der Waals surface area contributed by atoms with Gasteiger partial charge >= 0.3 is 11.9 Å². The number of carbonyl (C=O) groups excluding carboxylic acids is 3. The van der Waals surface area contributed by atoms with Crippen molar-refractivity contribution in [2.45, 2.75) is 141 Å². The topological polar surface area (TPSA) is 169 Å². The van der Waals surface area contributed by atoms with Crippen LogP contribution in [0.3, 0.4) is 0 Å². The molecule has 346 valence electrons. The highest BCUT2D eigenvalue weighted by molar-refractivity contribution is 7.45. The first-order valence-corrected chi connectivity index (χ1v) is 23.9. The van der Waals surface area contributed by atoms with E-state index in [2.05, 4.69) is 62.5 Å². The molecule has 1 unspecified atom stereocenters. The second-order valence-corrected chi connectivity index (χ2v) is 17.9. The fraction of sp³-hybridized carbons (Fsp3) is 0.646. The normalized spacial score (nSPS) is 19.8. The van der Waals surface area contributed by atoms with Gasteiger partial charge < -0.3 is 38.1 Å². The number of ketones is 1. The molecule has 0 radical (unpaired) electrons. The maximum absolute atomic E-state index is 12.8. The first-order chi connectivity index (χ1) is 29.2. The van der Waals surface area contributed by atoms with Gasteiger partial charge in [0.2, 0.25) is 0 Å². The Morgan fingerprint density at radius 2 is 1.38 bits per heavy atom. The minimum absolute atomic E-state index is 0.0168. The monoisotopic (exact) mass is 876 g/mol. The maximum atomic E-state index is 12.8. The molecule has 2 N–H and O–H groups in total. The van der Waals surface area contributed by atoms with E-state index in [1.807, 2.05) is 45.4 Å². The van der Waals surface area contributed by atoms with Crippen LogP contribution in [0.15, 0.2) is 85.1 Å². The minimum atomic E-state index is -4.72. The number of carbonyl (C=O) groups is 3. The van der Waals surface area contributed by atoms with E-state index in [0.29, 0.717) is 49.6 Å². The number of aliphatic hydroxyl groups excluding tert-OH is 2. The van der Waals surface area contributed by atoms with Gasteiger partial charge in [-0.05, 0) is 70.6 Å². The van der Waals surface area contributed by atoms with Crippen molar-refractivity contribution in [3.63, 3.8) is 0 Å². The number of likely N-dealkylation sites (N-methyl/N-ethyl adjacent to an activating group) is 1. The van der Waals surface area contributed by atoms with Crippen LogP contribution in [0.1, 0.15) is 123 Å². The number of esters is 2. The zero-order valence-corrected chi connectivity index (χ0v) is 38.7. The van der Waals surface area contributed by atoms with E-state index >= 15 is 0 Å². The molecule has 12 nitrogen and oxygen atoms in total. The second-order valence-electron chi connectivity index (χ2n) is 16.5. The Balaban J connectivity index is 2.56. The molecule has 0 bridgehead atoms. The van der Waals surface area contributed by atoms with Crippen molar-refractivity contribution < 1.29 is 57.1 Å². The number of unbranched alkanes of at least 4 members (excludes halogenated alkanes) is 4. The number of Topliss-reactive ketones (excluding diaryl/α,β-unsaturated/α-hetero) is 1. The summed E-state index contributed by atoms with van der Waals surface area (Å²) in [5.74, 6) is -1.90. The van der Waals surface area contributed by atoms with Gasteiger partial charge in [0.05, 0.1) is 40.0 Å². The number of phosphoric ester groups is 1. The molecule has 0 saturated heterocycles. The Morgan fingerprint density at radius 1 is 0.803 bits per heavy atom. The Labute approximate surface area is 367 Å². The Morgan fingerprint density at radius 3 is 1.97 bits per heavy atom. The molecule has 0 amide bonds. The smallest absolute Gasteiger partial charge is 0.306 e. The first kappa shape index (κ1) is 55.8. The van der Waals surface area contributed by atoms with Crippen molar-refractivity contribution in [2.75, 3.05) is 47.5 Å². The molecule has 13 heteroatoms. The highest BCUT2D eigenvalue weighted by atomic mass is 31.2. The van der Waals surface area contributed by atoms with Crippen LogP contribution in [0.25, 0.3) is 0 Å². The lowest BCUT2D eigenvalue weighted by Crippen LogP contribution is -2.37. The SMILES string of the molecule is CC/C=C\C/C=C\C/C=C\C/C=C\C/C=C\CCCC(=O)OC[C@H](COP(=O)([O-])OCC[N+](C)(C)C)OC(=O)CCC/C=C\C[C@H]1[C@@H](O)CC(=O)[C@@H]1/C=C/[C@@H](O)CCCCC. The van der Waals surface area contributed by atoms with Gasteiger partial charge in [-0.3, -0.25) is 18.9 Å². The Hall–Kier alpha value is -3.22. The van der Waals surface area contributed by atoms with Gasteiger partial charge in [0.1, 0.15) is 25.5 Å². The van der Waals surface area contributed by atoms with Crippen molar-refractivity contribution in [2.24, 2.45) is 11.8 Å². The summed E-state index contributed by atoms with van der Waals surface area (Å²) in [5.41, 5.74) is 0. The van der Waals surface area contributed by atoms with Crippen LogP contribution in [0, 0.1) is 11.8 Å². The summed E-state index contributed by atoms with van der Waals surface area (Å²) in [6.45, 7) is 3.60. The third-order valence-electron chi connectivity index (χ3n) is 9.78. The summed E-state index contributed by atoms with van der Waals surface area (Å²) >= 11 is 0. The van der Waals surface area contributed by atoms with Crippen LogP contribution in [-0.4, -0.2) is 98.2 Å². The number of allylic oxidation sites excluding steroid dienone is 13. The molecule has 1 aliphatic carbocycles. The third kappa shape index (κ3) is 31.3. The average Bonchev–Trinajstić information content (AvgIpc) is 3.47. The molecule has 1 saturated carbocycles. The lowest BCUT2D eigenvalue weighted by Gasteiger charge is -2.28. The number of quaternary nitrogens is 1. The molecule has 1 rings (SSSR count). The molecule has 1 aliphatic rings. The van der Waals surface area contributed by atoms with Crippen LogP contribution in [-0.2, 0) is 37.5 Å². The molecular weight excluding hydrogens is 797 g/mol. The standard InChI is InChI=1S/C48H78NO11P/c1-6-8-10-11-12-13-14-15-16-17-18-19-20-21-22-23-28-32-47(53)57-39-42(40-59-61(55,56)58-37-36-49(3,4)5)60-48(54)33-29-25-24-27-31-43-44(46(52)38-45(43)51)35-34-41(50)30-26-9-7-2/h8,10,12-13,15-16,18-19,21-22,24,27,34-35,41-45,50-51H,6-7,9,11,14,17,20,23,25-26,28-33,36-40H2,1-5H3/b10-8-,13-12-,16-15-,19-18-,22-21-,27-24-,35-34+/t41-,42+,43+,44+,45-/m0/s1. The quantitative estimate of drug-likeness (QED) is 0.0205. The minimum Gasteiger partial charge on any atom is -0.756 e. The van der Waals surface area contributed by atoms with E-state index in [1.165, 1.54) is 0 Å². The van der Waals surface area contributed by atoms with E-state index in [-0.39, 0.29) is 44.2 Å². The molecule has 6 atom stereocenters. The summed E-state index contributed by atoms with van der Waals surface area (Å²) in [6, 6.07) is 0. The van der Waals surface area contributed by atoms with E-state index in [4.69, 9.17) is 18.5 Å². The lowest BCUT2D eigenvalue weighted by atomic mass is 9.90. The zero-order chi connectivity index (χ0) is 45.2. The Kier molecular flexibility index (Phi) is 31.4. The lowest BCUT2D eigenvalue weighted by molar-refractivity contribution is -0.870. The average molecular weight is 876 g/mol. The first-order valence-electron chi connectivity index (χ1n) is 22.4. The van der Waals surface area contributed by atoms with Gasteiger partial charge in [-0.1, -0.05) is 118 Å². The van der Waals surface area contributed by atoms with Crippen molar-refractivity contribution in [1.82, 2.24) is 0 Å². The maximum Gasteiger partial charge on any atom is 0.306 e. The molecule has 1 fully saturated rings. The molecule has 0 aromatic carbocycles. The largest absolute Gasteiger partial charge is 0.756 e. The number of rotatable bonds is 35. The van der Waals surface area contributed by atoms with E-state index < -0.39 is 50.6 Å². The number of phosphoric acid groups is 1. The summed E-state index contributed by atoms with van der Waals surface area (Å²) in [5, 5.41) is 20.8. The molecule has 61 heavy (non-hydrogen) atoms. The van der Waals surface area contributed by atoms with E-state index in [0.717, 1.165) is 51.4 Å². The van der Waals surface area contributed by atoms with Gasteiger partial charge in [-0.25, -0.2) is 0 Å². The number of ether oxygens (including phenoxy) is 2. The summed E-state index contributed by atoms with van der Waals surface area (Å²) in [6.07, 6.45) is 37.0. The van der Waals surface area contributed by atoms with Crippen LogP contribution < -0.4 is 4.89 Å². The number of nitrogens with zero attached hydrogens (tertiary/aromatic N) is 1. The van der Waals surface area contributed by atoms with Crippen LogP contribution in [0.5, 0.6) is 0 Å². The highest BCUT2D eigenvalue weighted by Gasteiger charge is 2.39. The van der Waals surface area contributed by atoms with Gasteiger partial charge in [0.25, 0.3) is 7.82 Å². The predicted molar refractivity (Wildman–Crippen MR) is 241 cm³/mol. The Bertz CT molecular complexity index is 1480. The van der Waals surface area contributed by atoms with Gasteiger partial charge in [0.15, 0.2) is 6.10 Å². The van der Waals surface area contributed by atoms with Crippen molar-refractivity contribution in [3.8, 4) is 0 Å². The molecular formula is C48H78NO11P. The van der Waals surface area contributed by atoms with Crippen molar-refractivity contribution in [1.29, 1.82) is 0 Å². The highest BCUT2D eigenvalue weighted by Crippen LogP contribution is 2.38. The van der Waals surface area contributed by atoms with Crippen molar-refractivity contribution in [3.05, 3.63) is 85.1 Å². The predicted octanol–water partition coefficient (Wildman–Crippen LogP) is 8.75. The number of hydrogen-bond donors (Lipinski definition) is 2. The molecule has 0 aromatic rings. The molecule has 0 heterocycles. The van der Waals surface area contributed by atoms with E-state index in [9.17, 15) is 34.1 Å². The summed E-state index contributed by atoms with van der Waals surface area (Å²) < 4.78 is 33.7. The second kappa shape index (κ2) is 34.3. The fourth-order valence-corrected chi connectivity index (χ4v) is 6.93. The fourth-order valence-electron chi connectivity index (χ4n) is 6.20. The molecule has 0 spiro atoms. The van der Waals surface area contributed by atoms with Crippen molar-refractivity contribution >= 4 is 25.5 Å². The van der Waals surface area contributed by atoms with E-state index in [1.54, 1.807) is 12.2 Å². The zero-order valence-electron chi connectivity index (χ0n) is 37.8. The van der Waals surface area contributed by atoms with Gasteiger partial charge in [-0.15, -0.1) is 0 Å². The van der Waals surface area contributed by atoms with Gasteiger partial charge in [0, 0.05) is 31.1 Å². The van der Waals surface area contributed by atoms with Crippen LogP contribution in [0.4, 0.5) is 0 Å². The van der Waals surface area contributed by atoms with Crippen LogP contribution in [0.2, 0.25) is 0 Å². The molecule has 0 aliphatic heterocycles. The third-order valence-corrected chi connectivity index (χ3v) is 10.7. The molecule has 0 aromatic heterocycles. The summed E-state index contributed by atoms with van der Waals surface area (Å²) in [7, 11) is 0.955.